The molecule has 3 aromatic rings. The molecule has 0 radical (unpaired) electrons. The van der Waals surface area contributed by atoms with E-state index in [4.69, 9.17) is 19.2 Å². The Morgan fingerprint density at radius 1 is 1.11 bits per heavy atom. The maximum absolute atomic E-state index is 13.7. The van der Waals surface area contributed by atoms with Gasteiger partial charge in [-0.05, 0) is 43.2 Å². The first-order chi connectivity index (χ1) is 18.1. The number of amides is 1. The van der Waals surface area contributed by atoms with Crippen LogP contribution in [-0.4, -0.2) is 53.8 Å². The first-order valence-electron chi connectivity index (χ1n) is 12.8. The number of unbranched alkanes of at least 4 members (excludes halogenated alkanes) is 1. The van der Waals surface area contributed by atoms with Gasteiger partial charge < -0.3 is 24.4 Å². The Morgan fingerprint density at radius 3 is 2.70 bits per heavy atom. The highest BCUT2D eigenvalue weighted by Crippen LogP contribution is 2.35. The minimum atomic E-state index is -0.421. The van der Waals surface area contributed by atoms with Crippen LogP contribution < -0.4 is 25.2 Å². The van der Waals surface area contributed by atoms with Crippen LogP contribution in [0.5, 0.6) is 11.5 Å². The minimum Gasteiger partial charge on any atom is -0.454 e. The molecule has 10 heteroatoms. The number of fused-ring (bicyclic) bond motifs is 2. The molecule has 0 spiro atoms. The molecular weight excluding hydrogens is 492 g/mol. The maximum Gasteiger partial charge on any atom is 0.262 e. The molecule has 2 aliphatic rings. The van der Waals surface area contributed by atoms with Crippen LogP contribution >= 0.6 is 11.8 Å². The summed E-state index contributed by atoms with van der Waals surface area (Å²) >= 11 is 1.34. The van der Waals surface area contributed by atoms with Crippen molar-refractivity contribution >= 4 is 39.9 Å². The highest BCUT2D eigenvalue weighted by Gasteiger charge is 2.23. The fourth-order valence-electron chi connectivity index (χ4n) is 4.46. The predicted molar refractivity (Wildman–Crippen MR) is 145 cm³/mol. The SMILES string of the molecule is CCCCn1c(SC(CC)C(=O)Nc2ccc3c(c2)OCO3)nc2ccc(N3CCOCC3)cc2c1=O. The molecule has 9 nitrogen and oxygen atoms in total. The van der Waals surface area contributed by atoms with Gasteiger partial charge in [-0.15, -0.1) is 0 Å². The van der Waals surface area contributed by atoms with Crippen LogP contribution in [-0.2, 0) is 16.1 Å². The molecule has 0 saturated carbocycles. The molecule has 5 rings (SSSR count). The Morgan fingerprint density at radius 2 is 1.92 bits per heavy atom. The highest BCUT2D eigenvalue weighted by atomic mass is 32.2. The summed E-state index contributed by atoms with van der Waals surface area (Å²) in [4.78, 5) is 34.0. The van der Waals surface area contributed by atoms with Crippen LogP contribution in [0.15, 0.2) is 46.3 Å². The first-order valence-corrected chi connectivity index (χ1v) is 13.7. The molecule has 1 saturated heterocycles. The van der Waals surface area contributed by atoms with Crippen molar-refractivity contribution in [3.63, 3.8) is 0 Å². The van der Waals surface area contributed by atoms with Crippen LogP contribution in [0.25, 0.3) is 10.9 Å². The van der Waals surface area contributed by atoms with Crippen molar-refractivity contribution in [1.82, 2.24) is 9.55 Å². The van der Waals surface area contributed by atoms with E-state index in [9.17, 15) is 9.59 Å². The second-order valence-electron chi connectivity index (χ2n) is 9.08. The van der Waals surface area contributed by atoms with Gasteiger partial charge in [-0.25, -0.2) is 4.98 Å². The van der Waals surface area contributed by atoms with Gasteiger partial charge in [0.2, 0.25) is 12.7 Å². The third-order valence-corrected chi connectivity index (χ3v) is 7.92. The lowest BCUT2D eigenvalue weighted by Gasteiger charge is -2.29. The zero-order valence-electron chi connectivity index (χ0n) is 21.2. The molecule has 3 heterocycles. The Kier molecular flexibility index (Phi) is 7.85. The van der Waals surface area contributed by atoms with E-state index in [1.807, 2.05) is 25.1 Å². The van der Waals surface area contributed by atoms with E-state index < -0.39 is 5.25 Å². The van der Waals surface area contributed by atoms with E-state index in [0.29, 0.717) is 59.4 Å². The molecule has 1 fully saturated rings. The molecule has 1 N–H and O–H groups in total. The minimum absolute atomic E-state index is 0.0675. The van der Waals surface area contributed by atoms with Crippen molar-refractivity contribution in [3.05, 3.63) is 46.8 Å². The number of rotatable bonds is 9. The summed E-state index contributed by atoms with van der Waals surface area (Å²) in [5.41, 5.74) is 2.22. The quantitative estimate of drug-likeness (QED) is 0.328. The van der Waals surface area contributed by atoms with Crippen molar-refractivity contribution < 1.29 is 19.0 Å². The summed E-state index contributed by atoms with van der Waals surface area (Å²) < 4.78 is 18.0. The molecule has 2 aromatic carbocycles. The average molecular weight is 525 g/mol. The van der Waals surface area contributed by atoms with Gasteiger partial charge in [0.15, 0.2) is 16.7 Å². The van der Waals surface area contributed by atoms with Crippen molar-refractivity contribution in [2.24, 2.45) is 0 Å². The molecule has 1 amide bonds. The molecule has 0 aliphatic carbocycles. The topological polar surface area (TPSA) is 94.9 Å². The maximum atomic E-state index is 13.7. The van der Waals surface area contributed by atoms with Gasteiger partial charge in [-0.3, -0.25) is 14.2 Å². The van der Waals surface area contributed by atoms with Gasteiger partial charge in [-0.1, -0.05) is 32.0 Å². The van der Waals surface area contributed by atoms with Crippen LogP contribution in [0.1, 0.15) is 33.1 Å². The number of nitrogens with one attached hydrogen (secondary N) is 1. The number of aromatic nitrogens is 2. The number of carbonyl (C=O) groups is 1. The average Bonchev–Trinajstić information content (AvgIpc) is 3.39. The molecule has 37 heavy (non-hydrogen) atoms. The monoisotopic (exact) mass is 524 g/mol. The smallest absolute Gasteiger partial charge is 0.262 e. The fourth-order valence-corrected chi connectivity index (χ4v) is 5.50. The number of morpholine rings is 1. The lowest BCUT2D eigenvalue weighted by molar-refractivity contribution is -0.115. The van der Waals surface area contributed by atoms with E-state index >= 15 is 0 Å². The number of ether oxygens (including phenoxy) is 3. The van der Waals surface area contributed by atoms with E-state index in [2.05, 4.69) is 17.1 Å². The van der Waals surface area contributed by atoms with Crippen molar-refractivity contribution in [1.29, 1.82) is 0 Å². The van der Waals surface area contributed by atoms with Gasteiger partial charge in [0.05, 0.1) is 29.4 Å². The molecular formula is C27H32N4O5S. The molecule has 1 atom stereocenters. The second-order valence-corrected chi connectivity index (χ2v) is 10.2. The fraction of sp³-hybridized carbons (Fsp3) is 0.444. The second kappa shape index (κ2) is 11.4. The van der Waals surface area contributed by atoms with Gasteiger partial charge in [0.25, 0.3) is 5.56 Å². The molecule has 2 aliphatic heterocycles. The van der Waals surface area contributed by atoms with Gasteiger partial charge in [0.1, 0.15) is 0 Å². The van der Waals surface area contributed by atoms with Crippen LogP contribution in [0.4, 0.5) is 11.4 Å². The third kappa shape index (κ3) is 5.55. The molecule has 1 aromatic heterocycles. The van der Waals surface area contributed by atoms with Crippen molar-refractivity contribution in [3.8, 4) is 11.5 Å². The van der Waals surface area contributed by atoms with Crippen LogP contribution in [0, 0.1) is 0 Å². The molecule has 196 valence electrons. The van der Waals surface area contributed by atoms with Gasteiger partial charge in [-0.2, -0.15) is 0 Å². The van der Waals surface area contributed by atoms with E-state index in [1.165, 1.54) is 11.8 Å². The Labute approximate surface area is 220 Å². The van der Waals surface area contributed by atoms with Crippen molar-refractivity contribution in [2.75, 3.05) is 43.3 Å². The largest absolute Gasteiger partial charge is 0.454 e. The first kappa shape index (κ1) is 25.4. The predicted octanol–water partition coefficient (Wildman–Crippen LogP) is 4.27. The number of anilines is 2. The number of thioether (sulfide) groups is 1. The van der Waals surface area contributed by atoms with E-state index in [1.54, 1.807) is 22.8 Å². The van der Waals surface area contributed by atoms with Crippen LogP contribution in [0.3, 0.4) is 0 Å². The normalized spacial score (nSPS) is 15.7. The summed E-state index contributed by atoms with van der Waals surface area (Å²) in [5.74, 6) is 1.13. The third-order valence-electron chi connectivity index (χ3n) is 6.57. The number of hydrogen-bond donors (Lipinski definition) is 1. The summed E-state index contributed by atoms with van der Waals surface area (Å²) in [6.07, 6.45) is 2.38. The summed E-state index contributed by atoms with van der Waals surface area (Å²) in [7, 11) is 0. The van der Waals surface area contributed by atoms with Crippen molar-refractivity contribution in [2.45, 2.75) is 50.1 Å². The lowest BCUT2D eigenvalue weighted by Crippen LogP contribution is -2.36. The lowest BCUT2D eigenvalue weighted by atomic mass is 10.2. The summed E-state index contributed by atoms with van der Waals surface area (Å²) in [6, 6.07) is 11.2. The van der Waals surface area contributed by atoms with Gasteiger partial charge >= 0.3 is 0 Å². The van der Waals surface area contributed by atoms with E-state index in [0.717, 1.165) is 31.6 Å². The highest BCUT2D eigenvalue weighted by molar-refractivity contribution is 8.00. The number of carbonyl (C=O) groups excluding carboxylic acids is 1. The zero-order chi connectivity index (χ0) is 25.8. The summed E-state index contributed by atoms with van der Waals surface area (Å²) in [5, 5.41) is 3.72. The zero-order valence-corrected chi connectivity index (χ0v) is 22.0. The number of hydrogen-bond acceptors (Lipinski definition) is 8. The Balaban J connectivity index is 1.42. The standard InChI is InChI=1S/C27H32N4O5S/c1-3-5-10-31-26(33)20-16-19(30-11-13-34-14-12-30)7-8-21(20)29-27(31)37-24(4-2)25(32)28-18-6-9-22-23(15-18)36-17-35-22/h6-9,15-16,24H,3-5,10-14,17H2,1-2H3,(H,28,32). The molecule has 1 unspecified atom stereocenters. The Hall–Kier alpha value is -3.24. The van der Waals surface area contributed by atoms with E-state index in [-0.39, 0.29) is 18.3 Å². The number of benzene rings is 2. The summed E-state index contributed by atoms with van der Waals surface area (Å²) in [6.45, 7) is 7.75. The Bertz CT molecular complexity index is 1340. The van der Waals surface area contributed by atoms with Crippen LogP contribution in [0.2, 0.25) is 0 Å². The molecule has 0 bridgehead atoms. The van der Waals surface area contributed by atoms with Gasteiger partial charge in [0, 0.05) is 37.1 Å². The number of nitrogens with zero attached hydrogens (tertiary/aromatic N) is 3.